The van der Waals surface area contributed by atoms with Gasteiger partial charge in [0.2, 0.25) is 0 Å². The maximum Gasteiger partial charge on any atom is 0.373 e. The van der Waals surface area contributed by atoms with Crippen molar-refractivity contribution in [1.82, 2.24) is 9.97 Å². The van der Waals surface area contributed by atoms with E-state index in [0.29, 0.717) is 6.47 Å². The molecule has 0 spiro atoms. The Kier molecular flexibility index (Phi) is 20.7. The number of carbonyl (C=O) groups is 1. The van der Waals surface area contributed by atoms with Crippen LogP contribution in [0.1, 0.15) is 191 Å². The summed E-state index contributed by atoms with van der Waals surface area (Å²) in [5, 5.41) is 21.6. The smallest absolute Gasteiger partial charge is 0.373 e. The fraction of sp³-hybridized carbons (Fsp3) is 0.463. The Morgan fingerprint density at radius 2 is 0.893 bits per heavy atom. The second-order valence-corrected chi connectivity index (χ2v) is 21.8. The molecular formula is C67H84N2O6. The number of hydrogen-bond acceptors (Lipinski definition) is 8. The molecule has 4 aromatic carbocycles. The molecule has 2 N–H and O–H groups in total. The Hall–Kier alpha value is -6.05. The molecule has 0 bridgehead atoms. The van der Waals surface area contributed by atoms with Crippen molar-refractivity contribution in [2.45, 2.75) is 200 Å². The van der Waals surface area contributed by atoms with Gasteiger partial charge in [-0.1, -0.05) is 133 Å². The molecule has 2 aliphatic carbocycles. The second-order valence-electron chi connectivity index (χ2n) is 21.8. The minimum absolute atomic E-state index is 0.000247. The van der Waals surface area contributed by atoms with Gasteiger partial charge >= 0.3 is 6.15 Å². The van der Waals surface area contributed by atoms with Gasteiger partial charge < -0.3 is 14.9 Å². The maximum absolute atomic E-state index is 10.8. The van der Waals surface area contributed by atoms with Gasteiger partial charge in [0, 0.05) is 52.3 Å². The van der Waals surface area contributed by atoms with Crippen LogP contribution >= 0.6 is 0 Å². The van der Waals surface area contributed by atoms with Crippen molar-refractivity contribution in [3.05, 3.63) is 176 Å². The Labute approximate surface area is 448 Å². The predicted octanol–water partition coefficient (Wildman–Crippen LogP) is 15.1. The van der Waals surface area contributed by atoms with Crippen molar-refractivity contribution >= 4 is 12.6 Å². The van der Waals surface area contributed by atoms with Crippen LogP contribution in [0.25, 0.3) is 22.3 Å². The zero-order chi connectivity index (χ0) is 54.2. The number of aliphatic hydroxyl groups is 2. The van der Waals surface area contributed by atoms with Gasteiger partial charge in [0.05, 0.1) is 11.2 Å². The summed E-state index contributed by atoms with van der Waals surface area (Å²) >= 11 is 0. The Balaban J connectivity index is 0.000000232. The first-order chi connectivity index (χ1) is 36.1. The third-order valence-electron chi connectivity index (χ3n) is 17.5. The van der Waals surface area contributed by atoms with Crippen LogP contribution in [0.5, 0.6) is 0 Å². The molecule has 8 heteroatoms. The van der Waals surface area contributed by atoms with Crippen LogP contribution in [0.4, 0.5) is 0 Å². The highest BCUT2D eigenvalue weighted by molar-refractivity contribution is 5.69. The molecule has 8 rings (SSSR count). The summed E-state index contributed by atoms with van der Waals surface area (Å²) in [4.78, 5) is 35.7. The van der Waals surface area contributed by atoms with E-state index in [9.17, 15) is 15.0 Å². The average Bonchev–Trinajstić information content (AvgIpc) is 4.07. The summed E-state index contributed by atoms with van der Waals surface area (Å²) in [6.07, 6.45) is 25.1. The molecule has 0 atom stereocenters. The van der Waals surface area contributed by atoms with Crippen LogP contribution in [0.3, 0.4) is 0 Å². The molecule has 0 aliphatic heterocycles. The van der Waals surface area contributed by atoms with E-state index in [-0.39, 0.29) is 23.6 Å². The lowest BCUT2D eigenvalue weighted by atomic mass is 9.69. The largest absolute Gasteiger partial charge is 0.463 e. The number of ether oxygens (including phenoxy) is 1. The third-order valence-corrected chi connectivity index (χ3v) is 17.5. The quantitative estimate of drug-likeness (QED) is 0.0724. The highest BCUT2D eigenvalue weighted by Crippen LogP contribution is 2.44. The first kappa shape index (κ1) is 58.2. The van der Waals surface area contributed by atoms with Crippen LogP contribution in [-0.2, 0) is 55.8 Å². The highest BCUT2D eigenvalue weighted by Gasteiger charge is 2.35. The number of carbonyl (C=O) groups excluding carboxylic acids is 3. The second kappa shape index (κ2) is 26.6. The summed E-state index contributed by atoms with van der Waals surface area (Å²) in [5.41, 5.74) is 19.3. The SMILES string of the molecule is CCC(CC)(c1ccc(CCC2(O)CCCC2)c(C)c1)c1ccc(-c2cncc(COC=O)c2)c(C)c1.CCc1cncc(-c2ccc(C(CC)(CC)c3ccc(CCC4(O)CCCC4)c(C)c3)cc2C)c1.O=C=O. The van der Waals surface area contributed by atoms with E-state index in [1.165, 1.54) is 85.2 Å². The van der Waals surface area contributed by atoms with Gasteiger partial charge in [-0.3, -0.25) is 14.8 Å². The van der Waals surface area contributed by atoms with Gasteiger partial charge in [-0.05, 0) is 196 Å². The summed E-state index contributed by atoms with van der Waals surface area (Å²) in [6.45, 7) is 20.9. The first-order valence-corrected chi connectivity index (χ1v) is 27.9. The number of hydrogen-bond donors (Lipinski definition) is 2. The van der Waals surface area contributed by atoms with Crippen molar-refractivity contribution in [3.63, 3.8) is 0 Å². The molecule has 2 fully saturated rings. The van der Waals surface area contributed by atoms with Gasteiger partial charge in [0.25, 0.3) is 6.47 Å². The van der Waals surface area contributed by atoms with Crippen molar-refractivity contribution in [1.29, 1.82) is 0 Å². The van der Waals surface area contributed by atoms with Crippen LogP contribution < -0.4 is 0 Å². The van der Waals surface area contributed by atoms with Crippen LogP contribution in [0.15, 0.2) is 110 Å². The van der Waals surface area contributed by atoms with Crippen LogP contribution in [0.2, 0.25) is 0 Å². The molecule has 2 heterocycles. The summed E-state index contributed by atoms with van der Waals surface area (Å²) in [5.74, 6) is 0. The van der Waals surface area contributed by atoms with Crippen molar-refractivity contribution in [2.24, 2.45) is 0 Å². The Morgan fingerprint density at radius 3 is 1.24 bits per heavy atom. The molecule has 0 amide bonds. The number of rotatable bonds is 20. The molecule has 0 radical (unpaired) electrons. The molecule has 2 aromatic heterocycles. The number of aromatic nitrogens is 2. The Bertz CT molecular complexity index is 2860. The zero-order valence-electron chi connectivity index (χ0n) is 46.6. The third kappa shape index (κ3) is 13.9. The standard InChI is InChI=1S/C33H41NO3.C33H43NO.CO2/c1-5-33(6-2,29-10-9-27(24(3)17-29)13-16-32(36)14-7-8-15-32)30-11-12-31(25(4)18-30)28-19-26(20-34-21-28)22-37-23-35;1-6-26-21-28(23-34-22-26)31-14-13-30(20-25(31)5)33(7-2,8-3)29-12-11-27(24(4)19-29)15-18-32(35)16-9-10-17-32;2-1-3/h9-12,17-21,23,36H,5-8,13-16,22H2,1-4H3;11-14,19-23,35H,6-10,15-18H2,1-5H3;. The van der Waals surface area contributed by atoms with Crippen LogP contribution in [-0.4, -0.2) is 44.0 Å². The lowest BCUT2D eigenvalue weighted by Crippen LogP contribution is -2.27. The molecule has 75 heavy (non-hydrogen) atoms. The Morgan fingerprint density at radius 1 is 0.533 bits per heavy atom. The van der Waals surface area contributed by atoms with Gasteiger partial charge in [0.1, 0.15) is 6.61 Å². The van der Waals surface area contributed by atoms with E-state index in [4.69, 9.17) is 14.3 Å². The average molecular weight is 1010 g/mol. The fourth-order valence-corrected chi connectivity index (χ4v) is 12.6. The number of aryl methyl sites for hydroxylation is 7. The fourth-order valence-electron chi connectivity index (χ4n) is 12.6. The van der Waals surface area contributed by atoms with Gasteiger partial charge in [0.15, 0.2) is 0 Å². The number of benzene rings is 4. The molecule has 8 nitrogen and oxygen atoms in total. The van der Waals surface area contributed by atoms with E-state index in [2.05, 4.69) is 151 Å². The topological polar surface area (TPSA) is 127 Å². The minimum atomic E-state index is -0.461. The lowest BCUT2D eigenvalue weighted by Gasteiger charge is -2.34. The lowest BCUT2D eigenvalue weighted by molar-refractivity contribution is -0.191. The van der Waals surface area contributed by atoms with Gasteiger partial charge in [-0.25, -0.2) is 0 Å². The summed E-state index contributed by atoms with van der Waals surface area (Å²) in [6, 6.07) is 32.2. The molecule has 398 valence electrons. The van der Waals surface area contributed by atoms with E-state index in [0.717, 1.165) is 113 Å². The molecule has 0 saturated heterocycles. The molecule has 0 unspecified atom stereocenters. The summed E-state index contributed by atoms with van der Waals surface area (Å²) in [7, 11) is 0. The minimum Gasteiger partial charge on any atom is -0.463 e. The van der Waals surface area contributed by atoms with E-state index in [1.54, 1.807) is 6.20 Å². The van der Waals surface area contributed by atoms with Gasteiger partial charge in [-0.2, -0.15) is 9.59 Å². The first-order valence-electron chi connectivity index (χ1n) is 27.9. The van der Waals surface area contributed by atoms with Crippen molar-refractivity contribution in [3.8, 4) is 22.3 Å². The predicted molar refractivity (Wildman–Crippen MR) is 303 cm³/mol. The molecular weight excluding hydrogens is 929 g/mol. The number of pyridine rings is 2. The maximum atomic E-state index is 10.8. The van der Waals surface area contributed by atoms with E-state index in [1.807, 2.05) is 24.7 Å². The normalized spacial score (nSPS) is 14.8. The highest BCUT2D eigenvalue weighted by atomic mass is 16.5. The zero-order valence-corrected chi connectivity index (χ0v) is 46.6. The molecule has 6 aromatic rings. The monoisotopic (exact) mass is 1010 g/mol. The molecule has 2 aliphatic rings. The van der Waals surface area contributed by atoms with Gasteiger partial charge in [-0.15, -0.1) is 0 Å². The van der Waals surface area contributed by atoms with Crippen molar-refractivity contribution < 1.29 is 29.3 Å². The van der Waals surface area contributed by atoms with Crippen LogP contribution in [0, 0.1) is 27.7 Å². The van der Waals surface area contributed by atoms with E-state index < -0.39 is 11.2 Å². The summed E-state index contributed by atoms with van der Waals surface area (Å²) < 4.78 is 4.91. The van der Waals surface area contributed by atoms with E-state index >= 15 is 0 Å². The van der Waals surface area contributed by atoms with Crippen molar-refractivity contribution in [2.75, 3.05) is 0 Å². The molecule has 2 saturated carbocycles. The number of nitrogens with zero attached hydrogens (tertiary/aromatic N) is 2.